The Hall–Kier alpha value is -3.11. The number of rotatable bonds is 7. The van der Waals surface area contributed by atoms with Crippen molar-refractivity contribution in [1.82, 2.24) is 15.0 Å². The number of piperidine rings is 1. The van der Waals surface area contributed by atoms with Gasteiger partial charge in [0, 0.05) is 55.1 Å². The van der Waals surface area contributed by atoms with E-state index in [0.29, 0.717) is 23.3 Å². The molecule has 0 unspecified atom stereocenters. The van der Waals surface area contributed by atoms with Crippen LogP contribution in [0.5, 0.6) is 0 Å². The fourth-order valence-electron chi connectivity index (χ4n) is 3.79. The van der Waals surface area contributed by atoms with Crippen molar-refractivity contribution >= 4 is 38.2 Å². The average molecular weight is 484 g/mol. The molecule has 1 saturated heterocycles. The lowest BCUT2D eigenvalue weighted by Gasteiger charge is -2.33. The first-order valence-corrected chi connectivity index (χ1v) is 13.3. The van der Waals surface area contributed by atoms with E-state index in [1.807, 2.05) is 5.38 Å². The van der Waals surface area contributed by atoms with E-state index >= 15 is 0 Å². The molecule has 0 saturated carbocycles. The van der Waals surface area contributed by atoms with Crippen molar-refractivity contribution in [3.05, 3.63) is 60.8 Å². The molecular weight excluding hydrogens is 458 g/mol. The van der Waals surface area contributed by atoms with Gasteiger partial charge < -0.3 is 4.90 Å². The van der Waals surface area contributed by atoms with E-state index in [-0.39, 0.29) is 16.7 Å². The number of thiazole rings is 1. The summed E-state index contributed by atoms with van der Waals surface area (Å²) in [6.07, 6.45) is 7.76. The molecule has 0 radical (unpaired) electrons. The summed E-state index contributed by atoms with van der Waals surface area (Å²) in [7, 11) is -3.26. The Morgan fingerprint density at radius 2 is 1.88 bits per heavy atom. The van der Waals surface area contributed by atoms with Crippen LogP contribution in [0.15, 0.2) is 65.7 Å². The lowest BCUT2D eigenvalue weighted by atomic mass is 9.95. The highest BCUT2D eigenvalue weighted by Crippen LogP contribution is 2.31. The molecule has 2 aromatic heterocycles. The molecule has 0 aliphatic carbocycles. The molecule has 3 aromatic rings. The van der Waals surface area contributed by atoms with Gasteiger partial charge in [0.2, 0.25) is 11.9 Å². The zero-order chi connectivity index (χ0) is 23.4. The first-order chi connectivity index (χ1) is 15.9. The lowest BCUT2D eigenvalue weighted by Crippen LogP contribution is -2.43. The number of amides is 1. The number of aromatic nitrogens is 3. The van der Waals surface area contributed by atoms with Crippen LogP contribution in [-0.2, 0) is 14.6 Å². The highest BCUT2D eigenvalue weighted by molar-refractivity contribution is 7.90. The topological polar surface area (TPSA) is 96.4 Å². The van der Waals surface area contributed by atoms with Crippen molar-refractivity contribution in [1.29, 1.82) is 0 Å². The summed E-state index contributed by atoms with van der Waals surface area (Å²) in [6, 6.07) is 8.39. The number of benzene rings is 1. The van der Waals surface area contributed by atoms with E-state index < -0.39 is 9.84 Å². The van der Waals surface area contributed by atoms with Crippen molar-refractivity contribution in [2.45, 2.75) is 17.7 Å². The second-order valence-corrected chi connectivity index (χ2v) is 10.7. The minimum atomic E-state index is -3.26. The summed E-state index contributed by atoms with van der Waals surface area (Å²) < 4.78 is 23.4. The summed E-state index contributed by atoms with van der Waals surface area (Å²) >= 11 is 1.39. The summed E-state index contributed by atoms with van der Waals surface area (Å²) in [5.41, 5.74) is 1.50. The van der Waals surface area contributed by atoms with Crippen LogP contribution in [0.2, 0.25) is 0 Å². The standard InChI is InChI=1S/C23H25N5O3S2/c1-3-13-28(21(29)18-9-14-27(15-10-18)22-24-11-4-12-25-22)23-26-20(16-32-23)17-5-7-19(8-6-17)33(2,30)31/h3-8,11-12,16,18H,1,9-10,13-15H2,2H3. The number of sulfone groups is 1. The molecule has 0 bridgehead atoms. The van der Waals surface area contributed by atoms with E-state index in [1.54, 1.807) is 53.7 Å². The molecule has 172 valence electrons. The van der Waals surface area contributed by atoms with Crippen LogP contribution in [0.4, 0.5) is 11.1 Å². The van der Waals surface area contributed by atoms with Crippen molar-refractivity contribution < 1.29 is 13.2 Å². The predicted octanol–water partition coefficient (Wildman–Crippen LogP) is 3.44. The third-order valence-corrected chi connectivity index (χ3v) is 7.55. The van der Waals surface area contributed by atoms with Gasteiger partial charge in [0.25, 0.3) is 0 Å². The van der Waals surface area contributed by atoms with Gasteiger partial charge in [-0.15, -0.1) is 17.9 Å². The molecule has 1 amide bonds. The number of carbonyl (C=O) groups excluding carboxylic acids is 1. The van der Waals surface area contributed by atoms with Gasteiger partial charge in [0.05, 0.1) is 10.6 Å². The normalized spacial score (nSPS) is 14.8. The van der Waals surface area contributed by atoms with Crippen molar-refractivity contribution in [3.8, 4) is 11.3 Å². The number of nitrogens with zero attached hydrogens (tertiary/aromatic N) is 5. The van der Waals surface area contributed by atoms with E-state index in [9.17, 15) is 13.2 Å². The molecule has 3 heterocycles. The molecule has 33 heavy (non-hydrogen) atoms. The number of anilines is 2. The summed E-state index contributed by atoms with van der Waals surface area (Å²) in [5.74, 6) is 0.626. The smallest absolute Gasteiger partial charge is 0.232 e. The number of carbonyl (C=O) groups is 1. The van der Waals surface area contributed by atoms with Gasteiger partial charge in [-0.25, -0.2) is 23.4 Å². The molecule has 4 rings (SSSR count). The minimum absolute atomic E-state index is 0.0388. The van der Waals surface area contributed by atoms with Crippen LogP contribution in [0.1, 0.15) is 12.8 Å². The summed E-state index contributed by atoms with van der Waals surface area (Å²) in [6.45, 7) is 5.62. The van der Waals surface area contributed by atoms with Crippen molar-refractivity contribution in [2.75, 3.05) is 35.7 Å². The Bertz CT molecular complexity index is 1220. The maximum atomic E-state index is 13.4. The van der Waals surface area contributed by atoms with Crippen LogP contribution in [-0.4, -0.2) is 55.2 Å². The van der Waals surface area contributed by atoms with E-state index in [4.69, 9.17) is 0 Å². The first kappa shape index (κ1) is 23.1. The Kier molecular flexibility index (Phi) is 6.85. The lowest BCUT2D eigenvalue weighted by molar-refractivity contribution is -0.122. The largest absolute Gasteiger partial charge is 0.341 e. The van der Waals surface area contributed by atoms with Gasteiger partial charge in [0.15, 0.2) is 15.0 Å². The molecule has 0 N–H and O–H groups in total. The molecule has 1 fully saturated rings. The highest BCUT2D eigenvalue weighted by atomic mass is 32.2. The van der Waals surface area contributed by atoms with Crippen molar-refractivity contribution in [2.24, 2.45) is 5.92 Å². The summed E-state index contributed by atoms with van der Waals surface area (Å²) in [4.78, 5) is 30.7. The zero-order valence-corrected chi connectivity index (χ0v) is 19.9. The zero-order valence-electron chi connectivity index (χ0n) is 18.3. The first-order valence-electron chi connectivity index (χ1n) is 10.6. The predicted molar refractivity (Wildman–Crippen MR) is 130 cm³/mol. The molecule has 1 aliphatic rings. The van der Waals surface area contributed by atoms with Gasteiger partial charge in [-0.1, -0.05) is 18.2 Å². The minimum Gasteiger partial charge on any atom is -0.341 e. The Morgan fingerprint density at radius 1 is 1.21 bits per heavy atom. The third kappa shape index (κ3) is 5.28. The highest BCUT2D eigenvalue weighted by Gasteiger charge is 2.31. The maximum absolute atomic E-state index is 13.4. The van der Waals surface area contributed by atoms with Crippen LogP contribution in [0.25, 0.3) is 11.3 Å². The molecule has 0 spiro atoms. The second kappa shape index (κ2) is 9.80. The van der Waals surface area contributed by atoms with Gasteiger partial charge in [-0.05, 0) is 31.0 Å². The summed E-state index contributed by atoms with van der Waals surface area (Å²) in [5, 5.41) is 2.49. The fourth-order valence-corrected chi connectivity index (χ4v) is 5.27. The molecular formula is C23H25N5O3S2. The van der Waals surface area contributed by atoms with Crippen LogP contribution in [0, 0.1) is 5.92 Å². The van der Waals surface area contributed by atoms with Crippen molar-refractivity contribution in [3.63, 3.8) is 0 Å². The SMILES string of the molecule is C=CCN(C(=O)C1CCN(c2ncccn2)CC1)c1nc(-c2ccc(S(C)(=O)=O)cc2)cs1. The molecule has 10 heteroatoms. The van der Waals surface area contributed by atoms with Gasteiger partial charge in [-0.2, -0.15) is 0 Å². The number of hydrogen-bond acceptors (Lipinski definition) is 8. The van der Waals surface area contributed by atoms with Crippen LogP contribution in [0.3, 0.4) is 0 Å². The quantitative estimate of drug-likeness (QED) is 0.475. The second-order valence-electron chi connectivity index (χ2n) is 7.86. The molecule has 1 aromatic carbocycles. The maximum Gasteiger partial charge on any atom is 0.232 e. The average Bonchev–Trinajstić information content (AvgIpc) is 3.32. The van der Waals surface area contributed by atoms with Gasteiger partial charge in [0.1, 0.15) is 0 Å². The van der Waals surface area contributed by atoms with Crippen LogP contribution < -0.4 is 9.80 Å². The molecule has 8 nitrogen and oxygen atoms in total. The Morgan fingerprint density at radius 3 is 2.48 bits per heavy atom. The Balaban J connectivity index is 1.47. The van der Waals surface area contributed by atoms with Crippen LogP contribution >= 0.6 is 11.3 Å². The molecule has 1 aliphatic heterocycles. The van der Waals surface area contributed by atoms with E-state index in [2.05, 4.69) is 26.4 Å². The molecule has 0 atom stereocenters. The van der Waals surface area contributed by atoms with E-state index in [1.165, 1.54) is 17.6 Å². The third-order valence-electron chi connectivity index (χ3n) is 5.56. The monoisotopic (exact) mass is 483 g/mol. The van der Waals surface area contributed by atoms with E-state index in [0.717, 1.165) is 31.5 Å². The van der Waals surface area contributed by atoms with Gasteiger partial charge in [-0.3, -0.25) is 9.69 Å². The number of hydrogen-bond donors (Lipinski definition) is 0. The Labute approximate surface area is 197 Å². The fraction of sp³-hybridized carbons (Fsp3) is 0.304. The van der Waals surface area contributed by atoms with Gasteiger partial charge >= 0.3 is 0 Å².